The number of hydrogen-bond acceptors (Lipinski definition) is 2. The topological polar surface area (TPSA) is 66.4 Å². The van der Waals surface area contributed by atoms with Gasteiger partial charge in [0.05, 0.1) is 5.02 Å². The van der Waals surface area contributed by atoms with Gasteiger partial charge < -0.3 is 10.4 Å². The summed E-state index contributed by atoms with van der Waals surface area (Å²) in [4.78, 5) is 22.3. The lowest BCUT2D eigenvalue weighted by atomic mass is 10.1. The highest BCUT2D eigenvalue weighted by molar-refractivity contribution is 9.10. The van der Waals surface area contributed by atoms with E-state index in [0.29, 0.717) is 27.9 Å². The monoisotopic (exact) mass is 347 g/mol. The first-order valence-corrected chi connectivity index (χ1v) is 7.05. The lowest BCUT2D eigenvalue weighted by Crippen LogP contribution is -2.32. The van der Waals surface area contributed by atoms with E-state index in [1.807, 2.05) is 6.92 Å². The molecule has 0 fully saturated rings. The number of hydrogen-bond donors (Lipinski definition) is 2. The summed E-state index contributed by atoms with van der Waals surface area (Å²) in [6.07, 6.45) is 1.29. The highest BCUT2D eigenvalue weighted by atomic mass is 79.9. The van der Waals surface area contributed by atoms with E-state index >= 15 is 0 Å². The lowest BCUT2D eigenvalue weighted by molar-refractivity contribution is -0.137. The summed E-state index contributed by atoms with van der Waals surface area (Å²) >= 11 is 9.12. The molecule has 4 nitrogen and oxygen atoms in total. The van der Waals surface area contributed by atoms with Crippen LogP contribution in [0, 0.1) is 0 Å². The predicted molar refractivity (Wildman–Crippen MR) is 77.6 cm³/mol. The van der Waals surface area contributed by atoms with E-state index in [9.17, 15) is 9.59 Å². The van der Waals surface area contributed by atoms with Crippen LogP contribution in [0.3, 0.4) is 0 Å². The van der Waals surface area contributed by atoms with Gasteiger partial charge in [0.25, 0.3) is 5.91 Å². The number of carboxylic acids is 1. The molecular formula is C13H15BrClNO3. The van der Waals surface area contributed by atoms with Gasteiger partial charge in [-0.2, -0.15) is 0 Å². The molecule has 1 atom stereocenters. The van der Waals surface area contributed by atoms with Crippen LogP contribution in [-0.4, -0.2) is 23.0 Å². The number of carboxylic acid groups (broad SMARTS) is 1. The van der Waals surface area contributed by atoms with Crippen molar-refractivity contribution in [3.05, 3.63) is 33.3 Å². The van der Waals surface area contributed by atoms with E-state index in [-0.39, 0.29) is 18.4 Å². The molecule has 0 bridgehead atoms. The maximum atomic E-state index is 11.9. The Bertz CT molecular complexity index is 479. The number of aliphatic carboxylic acids is 1. The summed E-state index contributed by atoms with van der Waals surface area (Å²) in [5.41, 5.74) is 0.515. The van der Waals surface area contributed by atoms with E-state index in [0.717, 1.165) is 0 Å². The van der Waals surface area contributed by atoms with Crippen molar-refractivity contribution in [2.45, 2.75) is 32.2 Å². The zero-order valence-corrected chi connectivity index (χ0v) is 12.8. The van der Waals surface area contributed by atoms with Gasteiger partial charge in [0.2, 0.25) is 0 Å². The first-order chi connectivity index (χ1) is 8.90. The molecule has 0 saturated carbocycles. The van der Waals surface area contributed by atoms with Crippen LogP contribution in [0.4, 0.5) is 0 Å². The van der Waals surface area contributed by atoms with Gasteiger partial charge in [0.1, 0.15) is 0 Å². The number of nitrogens with one attached hydrogen (secondary N) is 1. The van der Waals surface area contributed by atoms with Crippen molar-refractivity contribution in [3.63, 3.8) is 0 Å². The molecule has 1 unspecified atom stereocenters. The fraction of sp³-hybridized carbons (Fsp3) is 0.385. The Morgan fingerprint density at radius 2 is 2.16 bits per heavy atom. The van der Waals surface area contributed by atoms with Crippen LogP contribution in [0.25, 0.3) is 0 Å². The van der Waals surface area contributed by atoms with Gasteiger partial charge in [-0.25, -0.2) is 0 Å². The molecule has 1 aromatic rings. The van der Waals surface area contributed by atoms with Gasteiger partial charge in [-0.3, -0.25) is 9.59 Å². The first-order valence-electron chi connectivity index (χ1n) is 5.88. The SMILES string of the molecule is CC(CCCC(=O)O)NC(=O)c1ccc(Cl)c(Br)c1. The summed E-state index contributed by atoms with van der Waals surface area (Å²) in [5, 5.41) is 11.9. The summed E-state index contributed by atoms with van der Waals surface area (Å²) in [6.45, 7) is 1.85. The van der Waals surface area contributed by atoms with Crippen molar-refractivity contribution in [2.75, 3.05) is 0 Å². The van der Waals surface area contributed by atoms with E-state index in [2.05, 4.69) is 21.2 Å². The fourth-order valence-corrected chi connectivity index (χ4v) is 2.07. The second kappa shape index (κ2) is 7.50. The maximum absolute atomic E-state index is 11.9. The molecule has 0 aliphatic rings. The molecule has 0 heterocycles. The van der Waals surface area contributed by atoms with Crippen LogP contribution < -0.4 is 5.32 Å². The third-order valence-corrected chi connectivity index (χ3v) is 3.80. The molecule has 2 N–H and O–H groups in total. The lowest BCUT2D eigenvalue weighted by Gasteiger charge is -2.13. The molecule has 0 aromatic heterocycles. The highest BCUT2D eigenvalue weighted by Gasteiger charge is 2.11. The van der Waals surface area contributed by atoms with Crippen LogP contribution in [-0.2, 0) is 4.79 Å². The molecule has 104 valence electrons. The third kappa shape index (κ3) is 5.61. The normalized spacial score (nSPS) is 11.9. The Balaban J connectivity index is 2.49. The zero-order chi connectivity index (χ0) is 14.4. The Kier molecular flexibility index (Phi) is 6.31. The smallest absolute Gasteiger partial charge is 0.303 e. The molecular weight excluding hydrogens is 334 g/mol. The number of carbonyl (C=O) groups is 2. The van der Waals surface area contributed by atoms with E-state index in [1.54, 1.807) is 18.2 Å². The van der Waals surface area contributed by atoms with Crippen LogP contribution in [0.5, 0.6) is 0 Å². The maximum Gasteiger partial charge on any atom is 0.303 e. The van der Waals surface area contributed by atoms with Crippen LogP contribution in [0.15, 0.2) is 22.7 Å². The molecule has 0 radical (unpaired) electrons. The van der Waals surface area contributed by atoms with E-state index in [1.165, 1.54) is 0 Å². The van der Waals surface area contributed by atoms with Crippen LogP contribution in [0.2, 0.25) is 5.02 Å². The summed E-state index contributed by atoms with van der Waals surface area (Å²) in [7, 11) is 0. The Labute approximate surface area is 125 Å². The number of benzene rings is 1. The van der Waals surface area contributed by atoms with E-state index < -0.39 is 5.97 Å². The van der Waals surface area contributed by atoms with Gasteiger partial charge in [-0.1, -0.05) is 11.6 Å². The number of rotatable bonds is 6. The Morgan fingerprint density at radius 3 is 2.74 bits per heavy atom. The number of halogens is 2. The largest absolute Gasteiger partial charge is 0.481 e. The van der Waals surface area contributed by atoms with E-state index in [4.69, 9.17) is 16.7 Å². The van der Waals surface area contributed by atoms with Crippen molar-refractivity contribution >= 4 is 39.4 Å². The number of carbonyl (C=O) groups excluding carboxylic acids is 1. The summed E-state index contributed by atoms with van der Waals surface area (Å²) in [5.74, 6) is -1.01. The number of amides is 1. The second-order valence-electron chi connectivity index (χ2n) is 4.29. The molecule has 1 amide bonds. The van der Waals surface area contributed by atoms with Crippen LogP contribution >= 0.6 is 27.5 Å². The van der Waals surface area contributed by atoms with Gasteiger partial charge >= 0.3 is 5.97 Å². The molecule has 0 aliphatic carbocycles. The van der Waals surface area contributed by atoms with Gasteiger partial charge in [0.15, 0.2) is 0 Å². The van der Waals surface area contributed by atoms with Crippen LogP contribution in [0.1, 0.15) is 36.5 Å². The van der Waals surface area contributed by atoms with Gasteiger partial charge in [0, 0.05) is 22.5 Å². The highest BCUT2D eigenvalue weighted by Crippen LogP contribution is 2.23. The van der Waals surface area contributed by atoms with Gasteiger partial charge in [-0.05, 0) is 53.9 Å². The summed E-state index contributed by atoms with van der Waals surface area (Å²) < 4.78 is 0.667. The fourth-order valence-electron chi connectivity index (χ4n) is 1.58. The molecule has 1 aromatic carbocycles. The standard InChI is InChI=1S/C13H15BrClNO3/c1-8(3-2-4-12(17)18)16-13(19)9-5-6-11(15)10(14)7-9/h5-8H,2-4H2,1H3,(H,16,19)(H,17,18). The average Bonchev–Trinajstić information content (AvgIpc) is 2.32. The minimum absolute atomic E-state index is 0.0682. The Morgan fingerprint density at radius 1 is 1.47 bits per heavy atom. The summed E-state index contributed by atoms with van der Waals surface area (Å²) in [6, 6.07) is 4.88. The minimum Gasteiger partial charge on any atom is -0.481 e. The van der Waals surface area contributed by atoms with Crippen molar-refractivity contribution in [1.29, 1.82) is 0 Å². The first kappa shape index (κ1) is 16.0. The molecule has 6 heteroatoms. The van der Waals surface area contributed by atoms with Crippen molar-refractivity contribution in [2.24, 2.45) is 0 Å². The Hall–Kier alpha value is -1.07. The zero-order valence-electron chi connectivity index (χ0n) is 10.5. The molecule has 0 aliphatic heterocycles. The molecule has 1 rings (SSSR count). The van der Waals surface area contributed by atoms with Crippen molar-refractivity contribution < 1.29 is 14.7 Å². The van der Waals surface area contributed by atoms with Gasteiger partial charge in [-0.15, -0.1) is 0 Å². The predicted octanol–water partition coefficient (Wildman–Crippen LogP) is 3.48. The molecule has 0 spiro atoms. The molecule has 19 heavy (non-hydrogen) atoms. The minimum atomic E-state index is -0.819. The third-order valence-electron chi connectivity index (χ3n) is 2.59. The second-order valence-corrected chi connectivity index (χ2v) is 5.55. The van der Waals surface area contributed by atoms with Crippen molar-refractivity contribution in [1.82, 2.24) is 5.32 Å². The van der Waals surface area contributed by atoms with Crippen molar-refractivity contribution in [3.8, 4) is 0 Å². The quantitative estimate of drug-likeness (QED) is 0.827. The average molecular weight is 349 g/mol. The molecule has 0 saturated heterocycles.